The molecule has 0 aromatic carbocycles. The average Bonchev–Trinajstić information content (AvgIpc) is 2.68. The zero-order valence-corrected chi connectivity index (χ0v) is 10.5. The minimum Gasteiger partial charge on any atom is -0.355 e. The summed E-state index contributed by atoms with van der Waals surface area (Å²) in [5, 5.41) is 2.91. The lowest BCUT2D eigenvalue weighted by Gasteiger charge is -2.23. The minimum atomic E-state index is -0.0486. The first-order valence-corrected chi connectivity index (χ1v) is 6.32. The summed E-state index contributed by atoms with van der Waals surface area (Å²) in [7, 11) is 2.15. The number of nitrogens with one attached hydrogen (secondary N) is 1. The summed E-state index contributed by atoms with van der Waals surface area (Å²) in [6.07, 6.45) is 5.75. The van der Waals surface area contributed by atoms with E-state index in [1.807, 2.05) is 6.92 Å². The molecule has 1 atom stereocenters. The summed E-state index contributed by atoms with van der Waals surface area (Å²) in [6.45, 7) is 3.53. The van der Waals surface area contributed by atoms with E-state index in [1.54, 1.807) is 0 Å². The second kappa shape index (κ2) is 6.86. The van der Waals surface area contributed by atoms with Gasteiger partial charge in [-0.3, -0.25) is 4.79 Å². The van der Waals surface area contributed by atoms with Gasteiger partial charge in [0.25, 0.3) is 0 Å². The van der Waals surface area contributed by atoms with Gasteiger partial charge >= 0.3 is 0 Å². The highest BCUT2D eigenvalue weighted by molar-refractivity contribution is 5.76. The fourth-order valence-corrected chi connectivity index (χ4v) is 2.26. The average molecular weight is 227 g/mol. The summed E-state index contributed by atoms with van der Waals surface area (Å²) < 4.78 is 0. The fourth-order valence-electron chi connectivity index (χ4n) is 2.26. The van der Waals surface area contributed by atoms with Gasteiger partial charge in [0.05, 0.1) is 0 Å². The zero-order chi connectivity index (χ0) is 12.0. The van der Waals surface area contributed by atoms with Crippen molar-refractivity contribution in [2.24, 2.45) is 5.73 Å². The maximum absolute atomic E-state index is 11.3. The molecule has 0 aromatic heterocycles. The fraction of sp³-hybridized carbons (Fsp3) is 0.917. The first kappa shape index (κ1) is 13.5. The van der Waals surface area contributed by atoms with Crippen LogP contribution in [0.1, 0.15) is 39.0 Å². The highest BCUT2D eigenvalue weighted by atomic mass is 16.1. The van der Waals surface area contributed by atoms with E-state index in [9.17, 15) is 4.79 Å². The zero-order valence-electron chi connectivity index (χ0n) is 10.5. The molecule has 0 aliphatic heterocycles. The monoisotopic (exact) mass is 227 g/mol. The van der Waals surface area contributed by atoms with Crippen LogP contribution in [-0.4, -0.2) is 43.0 Å². The Hall–Kier alpha value is -0.610. The Kier molecular flexibility index (Phi) is 5.77. The van der Waals surface area contributed by atoms with Gasteiger partial charge in [-0.05, 0) is 26.8 Å². The third-order valence-electron chi connectivity index (χ3n) is 3.24. The number of rotatable bonds is 6. The van der Waals surface area contributed by atoms with Crippen LogP contribution >= 0.6 is 0 Å². The molecule has 1 aliphatic rings. The summed E-state index contributed by atoms with van der Waals surface area (Å²) in [6, 6.07) is 0.679. The summed E-state index contributed by atoms with van der Waals surface area (Å²) in [4.78, 5) is 13.7. The number of carbonyl (C=O) groups excluding carboxylic acids is 1. The van der Waals surface area contributed by atoms with E-state index in [0.29, 0.717) is 6.42 Å². The Morgan fingerprint density at radius 3 is 2.69 bits per heavy atom. The summed E-state index contributed by atoms with van der Waals surface area (Å²) in [5.74, 6) is 0.0646. The van der Waals surface area contributed by atoms with Crippen LogP contribution in [0.3, 0.4) is 0 Å². The van der Waals surface area contributed by atoms with Gasteiger partial charge in [-0.1, -0.05) is 12.8 Å². The van der Waals surface area contributed by atoms with Crippen molar-refractivity contribution in [3.63, 3.8) is 0 Å². The Morgan fingerprint density at radius 1 is 1.50 bits per heavy atom. The molecule has 94 valence electrons. The van der Waals surface area contributed by atoms with Crippen molar-refractivity contribution in [1.29, 1.82) is 0 Å². The van der Waals surface area contributed by atoms with Crippen LogP contribution in [-0.2, 0) is 4.79 Å². The van der Waals surface area contributed by atoms with Crippen LogP contribution in [0.5, 0.6) is 0 Å². The third kappa shape index (κ3) is 4.94. The number of likely N-dealkylation sites (N-methyl/N-ethyl adjacent to an activating group) is 1. The number of hydrogen-bond acceptors (Lipinski definition) is 3. The molecule has 1 fully saturated rings. The number of nitrogens with zero attached hydrogens (tertiary/aromatic N) is 1. The molecule has 1 saturated carbocycles. The normalized spacial score (nSPS) is 19.0. The quantitative estimate of drug-likeness (QED) is 0.703. The third-order valence-corrected chi connectivity index (χ3v) is 3.24. The lowest BCUT2D eigenvalue weighted by atomic mass is 10.2. The Balaban J connectivity index is 2.07. The molecule has 0 saturated heterocycles. The van der Waals surface area contributed by atoms with Crippen molar-refractivity contribution in [3.8, 4) is 0 Å². The molecule has 4 nitrogen and oxygen atoms in total. The maximum atomic E-state index is 11.3. The van der Waals surface area contributed by atoms with Gasteiger partial charge in [0, 0.05) is 31.6 Å². The smallest absolute Gasteiger partial charge is 0.221 e. The molecular weight excluding hydrogens is 202 g/mol. The van der Waals surface area contributed by atoms with Crippen molar-refractivity contribution in [2.75, 3.05) is 20.1 Å². The number of carbonyl (C=O) groups is 1. The SMILES string of the molecule is CC(N)CC(=O)NCCN(C)C1CCCC1. The number of nitrogens with two attached hydrogens (primary N) is 1. The van der Waals surface area contributed by atoms with Crippen molar-refractivity contribution in [1.82, 2.24) is 10.2 Å². The van der Waals surface area contributed by atoms with Crippen LogP contribution in [0.4, 0.5) is 0 Å². The molecule has 3 N–H and O–H groups in total. The number of hydrogen-bond donors (Lipinski definition) is 2. The van der Waals surface area contributed by atoms with E-state index in [0.717, 1.165) is 19.1 Å². The van der Waals surface area contributed by atoms with E-state index < -0.39 is 0 Å². The molecule has 1 amide bonds. The van der Waals surface area contributed by atoms with Crippen LogP contribution in [0.25, 0.3) is 0 Å². The lowest BCUT2D eigenvalue weighted by Crippen LogP contribution is -2.38. The molecular formula is C12H25N3O. The molecule has 0 aromatic rings. The van der Waals surface area contributed by atoms with E-state index in [1.165, 1.54) is 25.7 Å². The summed E-state index contributed by atoms with van der Waals surface area (Å²) >= 11 is 0. The van der Waals surface area contributed by atoms with Gasteiger partial charge in [0.1, 0.15) is 0 Å². The molecule has 0 spiro atoms. The van der Waals surface area contributed by atoms with Crippen LogP contribution in [0.15, 0.2) is 0 Å². The van der Waals surface area contributed by atoms with Gasteiger partial charge < -0.3 is 16.0 Å². The molecule has 0 bridgehead atoms. The topological polar surface area (TPSA) is 58.4 Å². The molecule has 1 aliphatic carbocycles. The highest BCUT2D eigenvalue weighted by Gasteiger charge is 2.18. The van der Waals surface area contributed by atoms with Crippen LogP contribution in [0, 0.1) is 0 Å². The van der Waals surface area contributed by atoms with Crippen molar-refractivity contribution in [2.45, 2.75) is 51.1 Å². The van der Waals surface area contributed by atoms with E-state index in [4.69, 9.17) is 5.73 Å². The second-order valence-corrected chi connectivity index (χ2v) is 4.95. The van der Waals surface area contributed by atoms with E-state index >= 15 is 0 Å². The molecule has 1 rings (SSSR count). The Bertz CT molecular complexity index is 212. The standard InChI is InChI=1S/C12H25N3O/c1-10(13)9-12(16)14-7-8-15(2)11-5-3-4-6-11/h10-11H,3-9,13H2,1-2H3,(H,14,16). The highest BCUT2D eigenvalue weighted by Crippen LogP contribution is 2.21. The predicted molar refractivity (Wildman–Crippen MR) is 66.2 cm³/mol. The first-order chi connectivity index (χ1) is 7.59. The van der Waals surface area contributed by atoms with E-state index in [-0.39, 0.29) is 11.9 Å². The molecule has 0 radical (unpaired) electrons. The van der Waals surface area contributed by atoms with Crippen molar-refractivity contribution in [3.05, 3.63) is 0 Å². The molecule has 1 unspecified atom stereocenters. The molecule has 0 heterocycles. The molecule has 16 heavy (non-hydrogen) atoms. The Labute approximate surface area is 98.6 Å². The number of amides is 1. The summed E-state index contributed by atoms with van der Waals surface area (Å²) in [5.41, 5.74) is 5.55. The molecule has 4 heteroatoms. The van der Waals surface area contributed by atoms with E-state index in [2.05, 4.69) is 17.3 Å². The van der Waals surface area contributed by atoms with Crippen molar-refractivity contribution < 1.29 is 4.79 Å². The van der Waals surface area contributed by atoms with Gasteiger partial charge in [-0.2, -0.15) is 0 Å². The van der Waals surface area contributed by atoms with Gasteiger partial charge in [0.2, 0.25) is 5.91 Å². The second-order valence-electron chi connectivity index (χ2n) is 4.95. The van der Waals surface area contributed by atoms with Crippen LogP contribution in [0.2, 0.25) is 0 Å². The first-order valence-electron chi connectivity index (χ1n) is 6.32. The predicted octanol–water partition coefficient (Wildman–Crippen LogP) is 0.714. The van der Waals surface area contributed by atoms with Gasteiger partial charge in [-0.15, -0.1) is 0 Å². The largest absolute Gasteiger partial charge is 0.355 e. The minimum absolute atomic E-state index is 0.0486. The maximum Gasteiger partial charge on any atom is 0.221 e. The van der Waals surface area contributed by atoms with Crippen molar-refractivity contribution >= 4 is 5.91 Å². The van der Waals surface area contributed by atoms with Gasteiger partial charge in [0.15, 0.2) is 0 Å². The lowest BCUT2D eigenvalue weighted by molar-refractivity contribution is -0.121. The van der Waals surface area contributed by atoms with Crippen LogP contribution < -0.4 is 11.1 Å². The Morgan fingerprint density at radius 2 is 2.12 bits per heavy atom. The van der Waals surface area contributed by atoms with Gasteiger partial charge in [-0.25, -0.2) is 0 Å².